The standard InChI is InChI=1S/C10H15N3O4S/c1-17-9-3-2-7(11)6-8(9)10(14)13-4-5-18(12,15)16/h2-3,6H,4-5,11H2,1H3,(H,13,14)(H2,12,15,16). The van der Waals surface area contributed by atoms with Crippen LogP contribution >= 0.6 is 0 Å². The van der Waals surface area contributed by atoms with E-state index in [0.29, 0.717) is 11.4 Å². The first-order chi connectivity index (χ1) is 8.33. The van der Waals surface area contributed by atoms with Crippen molar-refractivity contribution in [3.8, 4) is 5.75 Å². The first-order valence-electron chi connectivity index (χ1n) is 5.05. The van der Waals surface area contributed by atoms with Gasteiger partial charge in [-0.15, -0.1) is 0 Å². The number of carbonyl (C=O) groups excluding carboxylic acids is 1. The Labute approximate surface area is 105 Å². The van der Waals surface area contributed by atoms with Crippen LogP contribution in [0.5, 0.6) is 5.75 Å². The molecule has 0 aromatic heterocycles. The van der Waals surface area contributed by atoms with Gasteiger partial charge < -0.3 is 15.8 Å². The van der Waals surface area contributed by atoms with Crippen LogP contribution in [0.3, 0.4) is 0 Å². The third kappa shape index (κ3) is 4.22. The zero-order chi connectivity index (χ0) is 13.8. The molecule has 7 nitrogen and oxygen atoms in total. The van der Waals surface area contributed by atoms with Gasteiger partial charge >= 0.3 is 0 Å². The van der Waals surface area contributed by atoms with Gasteiger partial charge in [-0.3, -0.25) is 4.79 Å². The number of nitrogens with two attached hydrogens (primary N) is 2. The average molecular weight is 273 g/mol. The number of nitrogen functional groups attached to an aromatic ring is 1. The number of benzene rings is 1. The molecule has 1 aromatic rings. The van der Waals surface area contributed by atoms with Gasteiger partial charge in [0.1, 0.15) is 5.75 Å². The van der Waals surface area contributed by atoms with E-state index >= 15 is 0 Å². The summed E-state index contributed by atoms with van der Waals surface area (Å²) in [4.78, 5) is 11.8. The molecule has 0 saturated carbocycles. The van der Waals surface area contributed by atoms with Crippen molar-refractivity contribution in [3.05, 3.63) is 23.8 Å². The zero-order valence-corrected chi connectivity index (χ0v) is 10.7. The lowest BCUT2D eigenvalue weighted by Gasteiger charge is -2.09. The maximum absolute atomic E-state index is 11.8. The Morgan fingerprint density at radius 1 is 1.44 bits per heavy atom. The lowest BCUT2D eigenvalue weighted by atomic mass is 10.1. The van der Waals surface area contributed by atoms with Gasteiger partial charge in [0, 0.05) is 12.2 Å². The number of amides is 1. The zero-order valence-electron chi connectivity index (χ0n) is 9.84. The van der Waals surface area contributed by atoms with Gasteiger partial charge in [-0.1, -0.05) is 0 Å². The number of sulfonamides is 1. The highest BCUT2D eigenvalue weighted by atomic mass is 32.2. The molecule has 0 bridgehead atoms. The number of hydrogen-bond acceptors (Lipinski definition) is 5. The summed E-state index contributed by atoms with van der Waals surface area (Å²) in [6, 6.07) is 4.61. The Hall–Kier alpha value is -1.80. The number of carbonyl (C=O) groups is 1. The van der Waals surface area contributed by atoms with Crippen molar-refractivity contribution in [2.24, 2.45) is 5.14 Å². The molecule has 0 unspecified atom stereocenters. The van der Waals surface area contributed by atoms with E-state index in [4.69, 9.17) is 15.6 Å². The molecular weight excluding hydrogens is 258 g/mol. The van der Waals surface area contributed by atoms with Crippen molar-refractivity contribution in [2.45, 2.75) is 0 Å². The van der Waals surface area contributed by atoms with Gasteiger partial charge in [-0.25, -0.2) is 13.6 Å². The number of nitrogens with one attached hydrogen (secondary N) is 1. The number of hydrogen-bond donors (Lipinski definition) is 3. The van der Waals surface area contributed by atoms with Crippen LogP contribution in [0.4, 0.5) is 5.69 Å². The minimum Gasteiger partial charge on any atom is -0.496 e. The molecular formula is C10H15N3O4S. The van der Waals surface area contributed by atoms with Gasteiger partial charge in [-0.2, -0.15) is 0 Å². The Balaban J connectivity index is 2.75. The summed E-state index contributed by atoms with van der Waals surface area (Å²) in [5.74, 6) is -0.441. The van der Waals surface area contributed by atoms with Gasteiger partial charge in [0.05, 0.1) is 18.4 Å². The molecule has 1 amide bonds. The highest BCUT2D eigenvalue weighted by Crippen LogP contribution is 2.20. The average Bonchev–Trinajstić information content (AvgIpc) is 2.27. The summed E-state index contributed by atoms with van der Waals surface area (Å²) in [5.41, 5.74) is 6.22. The molecule has 8 heteroatoms. The number of rotatable bonds is 5. The second kappa shape index (κ2) is 5.69. The van der Waals surface area contributed by atoms with E-state index in [9.17, 15) is 13.2 Å². The van der Waals surface area contributed by atoms with Crippen LogP contribution in [0.25, 0.3) is 0 Å². The summed E-state index contributed by atoms with van der Waals surface area (Å²) in [6.45, 7) is -0.0738. The number of anilines is 1. The monoisotopic (exact) mass is 273 g/mol. The number of methoxy groups -OCH3 is 1. The molecule has 100 valence electrons. The van der Waals surface area contributed by atoms with E-state index in [0.717, 1.165) is 0 Å². The molecule has 0 radical (unpaired) electrons. The largest absolute Gasteiger partial charge is 0.496 e. The maximum atomic E-state index is 11.8. The van der Waals surface area contributed by atoms with E-state index in [-0.39, 0.29) is 17.9 Å². The first kappa shape index (κ1) is 14.3. The molecule has 0 spiro atoms. The van der Waals surface area contributed by atoms with E-state index in [1.807, 2.05) is 0 Å². The van der Waals surface area contributed by atoms with Crippen molar-refractivity contribution < 1.29 is 17.9 Å². The number of primary sulfonamides is 1. The summed E-state index contributed by atoms with van der Waals surface area (Å²) < 4.78 is 26.4. The molecule has 5 N–H and O–H groups in total. The molecule has 0 fully saturated rings. The fourth-order valence-electron chi connectivity index (χ4n) is 1.31. The first-order valence-corrected chi connectivity index (χ1v) is 6.77. The fourth-order valence-corrected chi connectivity index (χ4v) is 1.69. The fraction of sp³-hybridized carbons (Fsp3) is 0.300. The van der Waals surface area contributed by atoms with Crippen LogP contribution in [0.15, 0.2) is 18.2 Å². The molecule has 0 heterocycles. The van der Waals surface area contributed by atoms with Crippen molar-refractivity contribution in [2.75, 3.05) is 25.1 Å². The Bertz CT molecular complexity index is 542. The van der Waals surface area contributed by atoms with Gasteiger partial charge in [0.25, 0.3) is 5.91 Å². The summed E-state index contributed by atoms with van der Waals surface area (Å²) in [7, 11) is -2.17. The van der Waals surface area contributed by atoms with Crippen molar-refractivity contribution >= 4 is 21.6 Å². The summed E-state index contributed by atoms with van der Waals surface area (Å²) in [5, 5.41) is 7.24. The van der Waals surface area contributed by atoms with Crippen LogP contribution < -0.4 is 20.9 Å². The van der Waals surface area contributed by atoms with Crippen LogP contribution in [0.2, 0.25) is 0 Å². The Morgan fingerprint density at radius 2 is 2.11 bits per heavy atom. The van der Waals surface area contributed by atoms with Crippen LogP contribution in [-0.4, -0.2) is 33.7 Å². The van der Waals surface area contributed by atoms with Crippen LogP contribution in [0, 0.1) is 0 Å². The highest BCUT2D eigenvalue weighted by Gasteiger charge is 2.13. The van der Waals surface area contributed by atoms with Crippen LogP contribution in [-0.2, 0) is 10.0 Å². The normalized spacial score (nSPS) is 11.0. The third-order valence-corrected chi connectivity index (χ3v) is 2.91. The molecule has 0 aliphatic rings. The lowest BCUT2D eigenvalue weighted by molar-refractivity contribution is 0.0953. The minimum atomic E-state index is -3.60. The highest BCUT2D eigenvalue weighted by molar-refractivity contribution is 7.89. The lowest BCUT2D eigenvalue weighted by Crippen LogP contribution is -2.31. The van der Waals surface area contributed by atoms with Crippen LogP contribution in [0.1, 0.15) is 10.4 Å². The SMILES string of the molecule is COc1ccc(N)cc1C(=O)NCCS(N)(=O)=O. The Morgan fingerprint density at radius 3 is 2.67 bits per heavy atom. The van der Waals surface area contributed by atoms with Gasteiger partial charge in [-0.05, 0) is 18.2 Å². The van der Waals surface area contributed by atoms with E-state index in [1.54, 1.807) is 12.1 Å². The van der Waals surface area contributed by atoms with E-state index < -0.39 is 15.9 Å². The van der Waals surface area contributed by atoms with E-state index in [1.165, 1.54) is 13.2 Å². The topological polar surface area (TPSA) is 125 Å². The third-order valence-electron chi connectivity index (χ3n) is 2.14. The predicted molar refractivity (Wildman–Crippen MR) is 67.7 cm³/mol. The molecule has 18 heavy (non-hydrogen) atoms. The minimum absolute atomic E-state index is 0.0738. The molecule has 0 aliphatic carbocycles. The maximum Gasteiger partial charge on any atom is 0.255 e. The van der Waals surface area contributed by atoms with E-state index in [2.05, 4.69) is 5.32 Å². The van der Waals surface area contributed by atoms with Crippen molar-refractivity contribution in [3.63, 3.8) is 0 Å². The quantitative estimate of drug-likeness (QED) is 0.611. The molecule has 1 rings (SSSR count). The summed E-state index contributed by atoms with van der Waals surface area (Å²) in [6.07, 6.45) is 0. The molecule has 1 aromatic carbocycles. The molecule has 0 saturated heterocycles. The summed E-state index contributed by atoms with van der Waals surface area (Å²) >= 11 is 0. The van der Waals surface area contributed by atoms with Crippen molar-refractivity contribution in [1.82, 2.24) is 5.32 Å². The number of ether oxygens (including phenoxy) is 1. The second-order valence-electron chi connectivity index (χ2n) is 3.58. The smallest absolute Gasteiger partial charge is 0.255 e. The van der Waals surface area contributed by atoms with Crippen molar-refractivity contribution in [1.29, 1.82) is 0 Å². The van der Waals surface area contributed by atoms with Gasteiger partial charge in [0.15, 0.2) is 0 Å². The Kier molecular flexibility index (Phi) is 4.51. The predicted octanol–water partition coefficient (Wildman–Crippen LogP) is -0.704. The second-order valence-corrected chi connectivity index (χ2v) is 5.32. The molecule has 0 aliphatic heterocycles. The van der Waals surface area contributed by atoms with Gasteiger partial charge in [0.2, 0.25) is 10.0 Å². The molecule has 0 atom stereocenters.